The molecule has 0 aliphatic carbocycles. The Balaban J connectivity index is 2.18. The lowest BCUT2D eigenvalue weighted by atomic mass is 10.0. The van der Waals surface area contributed by atoms with Gasteiger partial charge in [0.05, 0.1) is 12.7 Å². The van der Waals surface area contributed by atoms with Crippen molar-refractivity contribution in [1.29, 1.82) is 0 Å². The Morgan fingerprint density at radius 3 is 1.63 bits per heavy atom. The van der Waals surface area contributed by atoms with Gasteiger partial charge in [0.2, 0.25) is 0 Å². The highest BCUT2D eigenvalue weighted by molar-refractivity contribution is 6.74. The fourth-order valence-electron chi connectivity index (χ4n) is 3.99. The first kappa shape index (κ1) is 28.1. The van der Waals surface area contributed by atoms with Crippen LogP contribution >= 0.6 is 0 Å². The SMILES string of the molecule is CCCCCCCCCCCCCC[C@H]1OC(C)(C)O[C@@H]1CO[Si](C)(C)C(C)(C)C. The van der Waals surface area contributed by atoms with Gasteiger partial charge in [-0.2, -0.15) is 0 Å². The lowest BCUT2D eigenvalue weighted by molar-refractivity contribution is -0.149. The summed E-state index contributed by atoms with van der Waals surface area (Å²) in [6.07, 6.45) is 18.0. The molecule has 0 bridgehead atoms. The third-order valence-corrected chi connectivity index (χ3v) is 11.5. The molecule has 1 heterocycles. The van der Waals surface area contributed by atoms with E-state index in [4.69, 9.17) is 13.9 Å². The first-order valence-corrected chi connectivity index (χ1v) is 15.9. The largest absolute Gasteiger partial charge is 0.414 e. The van der Waals surface area contributed by atoms with Crippen LogP contribution in [0.2, 0.25) is 18.1 Å². The maximum Gasteiger partial charge on any atom is 0.192 e. The van der Waals surface area contributed by atoms with E-state index in [9.17, 15) is 0 Å². The van der Waals surface area contributed by atoms with Crippen molar-refractivity contribution in [3.05, 3.63) is 0 Å². The van der Waals surface area contributed by atoms with Gasteiger partial charge in [-0.3, -0.25) is 0 Å². The zero-order chi connectivity index (χ0) is 22.7. The summed E-state index contributed by atoms with van der Waals surface area (Å²) in [4.78, 5) is 0. The molecule has 0 aromatic carbocycles. The summed E-state index contributed by atoms with van der Waals surface area (Å²) in [7, 11) is -1.75. The molecule has 0 radical (unpaired) electrons. The Morgan fingerprint density at radius 1 is 0.733 bits per heavy atom. The molecule has 1 aliphatic rings. The maximum atomic E-state index is 6.45. The highest BCUT2D eigenvalue weighted by Crippen LogP contribution is 2.38. The Labute approximate surface area is 190 Å². The summed E-state index contributed by atoms with van der Waals surface area (Å²) in [5.74, 6) is -0.483. The Kier molecular flexibility index (Phi) is 12.8. The Morgan fingerprint density at radius 2 is 1.17 bits per heavy atom. The van der Waals surface area contributed by atoms with Crippen LogP contribution in [0.1, 0.15) is 125 Å². The summed E-state index contributed by atoms with van der Waals surface area (Å²) >= 11 is 0. The van der Waals surface area contributed by atoms with Crippen molar-refractivity contribution >= 4 is 8.32 Å². The van der Waals surface area contributed by atoms with E-state index in [1.165, 1.54) is 77.0 Å². The first-order chi connectivity index (χ1) is 14.0. The summed E-state index contributed by atoms with van der Waals surface area (Å²) in [6.45, 7) is 18.5. The van der Waals surface area contributed by atoms with Gasteiger partial charge in [-0.05, 0) is 38.4 Å². The van der Waals surface area contributed by atoms with Crippen molar-refractivity contribution in [2.24, 2.45) is 0 Å². The van der Waals surface area contributed by atoms with Gasteiger partial charge in [0.25, 0.3) is 0 Å². The molecule has 0 aromatic rings. The van der Waals surface area contributed by atoms with E-state index < -0.39 is 14.1 Å². The number of hydrogen-bond donors (Lipinski definition) is 0. The summed E-state index contributed by atoms with van der Waals surface area (Å²) in [5, 5.41) is 0.229. The van der Waals surface area contributed by atoms with E-state index >= 15 is 0 Å². The molecule has 1 fully saturated rings. The second-order valence-electron chi connectivity index (χ2n) is 11.5. The van der Waals surface area contributed by atoms with Gasteiger partial charge < -0.3 is 13.9 Å². The van der Waals surface area contributed by atoms with Gasteiger partial charge in [-0.1, -0.05) is 105 Å². The lowest BCUT2D eigenvalue weighted by Gasteiger charge is -2.37. The lowest BCUT2D eigenvalue weighted by Crippen LogP contribution is -2.44. The summed E-state index contributed by atoms with van der Waals surface area (Å²) in [5.41, 5.74) is 0. The zero-order valence-corrected chi connectivity index (χ0v) is 22.8. The van der Waals surface area contributed by atoms with Gasteiger partial charge in [0, 0.05) is 0 Å². The minimum Gasteiger partial charge on any atom is -0.414 e. The van der Waals surface area contributed by atoms with Crippen molar-refractivity contribution in [2.75, 3.05) is 6.61 Å². The minimum atomic E-state index is -1.75. The fraction of sp³-hybridized carbons (Fsp3) is 1.00. The third-order valence-electron chi connectivity index (χ3n) is 7.04. The predicted molar refractivity (Wildman–Crippen MR) is 133 cm³/mol. The van der Waals surface area contributed by atoms with Gasteiger partial charge in [0.15, 0.2) is 14.1 Å². The molecule has 0 spiro atoms. The molecule has 4 heteroatoms. The second-order valence-corrected chi connectivity index (χ2v) is 16.3. The van der Waals surface area contributed by atoms with Gasteiger partial charge in [-0.25, -0.2) is 0 Å². The van der Waals surface area contributed by atoms with Crippen LogP contribution < -0.4 is 0 Å². The topological polar surface area (TPSA) is 27.7 Å². The van der Waals surface area contributed by atoms with Gasteiger partial charge >= 0.3 is 0 Å². The molecule has 2 atom stereocenters. The van der Waals surface area contributed by atoms with E-state index in [2.05, 4.69) is 40.8 Å². The van der Waals surface area contributed by atoms with Crippen LogP contribution in [0.3, 0.4) is 0 Å². The van der Waals surface area contributed by atoms with Crippen molar-refractivity contribution in [1.82, 2.24) is 0 Å². The van der Waals surface area contributed by atoms with E-state index in [1.807, 2.05) is 13.8 Å². The molecule has 1 rings (SSSR count). The van der Waals surface area contributed by atoms with Gasteiger partial charge in [0.1, 0.15) is 6.10 Å². The molecule has 30 heavy (non-hydrogen) atoms. The zero-order valence-electron chi connectivity index (χ0n) is 21.8. The van der Waals surface area contributed by atoms with Crippen LogP contribution in [0.15, 0.2) is 0 Å². The molecule has 1 saturated heterocycles. The third kappa shape index (κ3) is 11.1. The Bertz CT molecular complexity index is 442. The van der Waals surface area contributed by atoms with Crippen molar-refractivity contribution in [3.8, 4) is 0 Å². The van der Waals surface area contributed by atoms with Crippen LogP contribution in [-0.4, -0.2) is 32.9 Å². The summed E-state index contributed by atoms with van der Waals surface area (Å²) in [6, 6.07) is 0. The average Bonchev–Trinajstić information content (AvgIpc) is 2.94. The fourth-order valence-corrected chi connectivity index (χ4v) is 5.00. The van der Waals surface area contributed by atoms with Crippen molar-refractivity contribution in [3.63, 3.8) is 0 Å². The maximum absolute atomic E-state index is 6.45. The normalized spacial score (nSPS) is 22.0. The Hall–Kier alpha value is 0.0969. The summed E-state index contributed by atoms with van der Waals surface area (Å²) < 4.78 is 18.9. The number of unbranched alkanes of at least 4 members (excludes halogenated alkanes) is 11. The molecule has 0 saturated carbocycles. The van der Waals surface area contributed by atoms with Crippen LogP contribution in [0, 0.1) is 0 Å². The molecule has 3 nitrogen and oxygen atoms in total. The van der Waals surface area contributed by atoms with Crippen LogP contribution in [0.25, 0.3) is 0 Å². The van der Waals surface area contributed by atoms with Crippen LogP contribution in [0.4, 0.5) is 0 Å². The quantitative estimate of drug-likeness (QED) is 0.177. The van der Waals surface area contributed by atoms with Crippen molar-refractivity contribution < 1.29 is 13.9 Å². The number of hydrogen-bond acceptors (Lipinski definition) is 3. The molecule has 0 N–H and O–H groups in total. The highest BCUT2D eigenvalue weighted by Gasteiger charge is 2.43. The molecular weight excluding hydrogens is 388 g/mol. The second kappa shape index (κ2) is 13.6. The molecular formula is C26H54O3Si. The minimum absolute atomic E-state index is 0.0711. The average molecular weight is 443 g/mol. The smallest absolute Gasteiger partial charge is 0.192 e. The molecule has 0 unspecified atom stereocenters. The predicted octanol–water partition coefficient (Wildman–Crippen LogP) is 8.62. The molecule has 180 valence electrons. The molecule has 1 aliphatic heterocycles. The highest BCUT2D eigenvalue weighted by atomic mass is 28.4. The standard InChI is InChI=1S/C26H54O3Si/c1-9-10-11-12-13-14-15-16-17-18-19-20-21-23-24(29-26(5,6)28-23)22-27-30(7,8)25(2,3)4/h23-24H,9-22H2,1-8H3/t23-,24-/m1/s1. The van der Waals surface area contributed by atoms with Crippen molar-refractivity contribution in [2.45, 2.75) is 161 Å². The number of rotatable bonds is 16. The van der Waals surface area contributed by atoms with E-state index in [-0.39, 0.29) is 17.2 Å². The van der Waals surface area contributed by atoms with Gasteiger partial charge in [-0.15, -0.1) is 0 Å². The van der Waals surface area contributed by atoms with E-state index in [1.54, 1.807) is 0 Å². The van der Waals surface area contributed by atoms with E-state index in [0.717, 1.165) is 6.42 Å². The van der Waals surface area contributed by atoms with Crippen LogP contribution in [0.5, 0.6) is 0 Å². The molecule has 0 aromatic heterocycles. The van der Waals surface area contributed by atoms with E-state index in [0.29, 0.717) is 6.61 Å². The first-order valence-electron chi connectivity index (χ1n) is 13.0. The van der Waals surface area contributed by atoms with Crippen LogP contribution in [-0.2, 0) is 13.9 Å². The monoisotopic (exact) mass is 442 g/mol. The molecule has 0 amide bonds. The number of ether oxygens (including phenoxy) is 2.